The third-order valence-corrected chi connectivity index (χ3v) is 4.37. The lowest BCUT2D eigenvalue weighted by molar-refractivity contribution is 0.325. The minimum Gasteiger partial charge on any atom is -0.339 e. The van der Waals surface area contributed by atoms with Crippen LogP contribution in [-0.4, -0.2) is 19.7 Å². The van der Waals surface area contributed by atoms with Gasteiger partial charge in [-0.2, -0.15) is 4.98 Å². The molecule has 5 nitrogen and oxygen atoms in total. The van der Waals surface area contributed by atoms with Gasteiger partial charge in [0.15, 0.2) is 0 Å². The number of fused-ring (bicyclic) bond motifs is 1. The van der Waals surface area contributed by atoms with Crippen LogP contribution >= 0.6 is 11.3 Å². The van der Waals surface area contributed by atoms with E-state index in [4.69, 9.17) is 4.52 Å². The second kappa shape index (κ2) is 4.31. The summed E-state index contributed by atoms with van der Waals surface area (Å²) in [6.45, 7) is 0.969. The fourth-order valence-corrected chi connectivity index (χ4v) is 3.14. The lowest BCUT2D eigenvalue weighted by Gasteiger charge is -2.20. The highest BCUT2D eigenvalue weighted by molar-refractivity contribution is 7.13. The van der Waals surface area contributed by atoms with E-state index < -0.39 is 0 Å². The summed E-state index contributed by atoms with van der Waals surface area (Å²) in [5.74, 6) is 1.75. The molecule has 1 aliphatic rings. The Morgan fingerprint density at radius 1 is 1.42 bits per heavy atom. The van der Waals surface area contributed by atoms with Crippen LogP contribution in [0, 0.1) is 0 Å². The number of rotatable bonds is 2. The van der Waals surface area contributed by atoms with E-state index in [1.807, 2.05) is 30.0 Å². The zero-order chi connectivity index (χ0) is 12.7. The van der Waals surface area contributed by atoms with E-state index in [2.05, 4.69) is 19.7 Å². The molecule has 0 saturated carbocycles. The fraction of sp³-hybridized carbons (Fsp3) is 0.308. The molecule has 0 unspecified atom stereocenters. The molecule has 0 fully saturated rings. The largest absolute Gasteiger partial charge is 0.339 e. The van der Waals surface area contributed by atoms with Crippen molar-refractivity contribution in [3.05, 3.63) is 41.6 Å². The summed E-state index contributed by atoms with van der Waals surface area (Å²) in [7, 11) is 0. The summed E-state index contributed by atoms with van der Waals surface area (Å²) >= 11 is 1.63. The van der Waals surface area contributed by atoms with Crippen molar-refractivity contribution in [1.82, 2.24) is 19.7 Å². The van der Waals surface area contributed by atoms with Crippen LogP contribution in [-0.2, 0) is 13.0 Å². The SMILES string of the molecule is c1csc(-c2noc([C@@H]3CCn4cncc4C3)n2)c1. The molecule has 1 atom stereocenters. The molecule has 4 heterocycles. The summed E-state index contributed by atoms with van der Waals surface area (Å²) in [6.07, 6.45) is 5.75. The van der Waals surface area contributed by atoms with Crippen molar-refractivity contribution in [3.8, 4) is 10.7 Å². The molecule has 96 valence electrons. The monoisotopic (exact) mass is 272 g/mol. The molecule has 3 aromatic rings. The standard InChI is InChI=1S/C13H12N4OS/c1-2-11(19-5-1)12-15-13(18-16-12)9-3-4-17-8-14-7-10(17)6-9/h1-2,5,7-9H,3-4,6H2/t9-/m1/s1. The van der Waals surface area contributed by atoms with Crippen molar-refractivity contribution in [2.24, 2.45) is 0 Å². The number of nitrogens with zero attached hydrogens (tertiary/aromatic N) is 4. The van der Waals surface area contributed by atoms with Crippen molar-refractivity contribution in [3.63, 3.8) is 0 Å². The first-order chi connectivity index (χ1) is 9.40. The quantitative estimate of drug-likeness (QED) is 0.719. The molecule has 0 aromatic carbocycles. The van der Waals surface area contributed by atoms with Gasteiger partial charge in [0.25, 0.3) is 0 Å². The number of hydrogen-bond donors (Lipinski definition) is 0. The van der Waals surface area contributed by atoms with Crippen molar-refractivity contribution < 1.29 is 4.52 Å². The number of aryl methyl sites for hydroxylation is 1. The number of aromatic nitrogens is 4. The normalized spacial score (nSPS) is 18.4. The second-order valence-electron chi connectivity index (χ2n) is 4.70. The van der Waals surface area contributed by atoms with Crippen LogP contribution in [0.3, 0.4) is 0 Å². The average Bonchev–Trinajstić information content (AvgIpc) is 3.18. The predicted octanol–water partition coefficient (Wildman–Crippen LogP) is 2.72. The van der Waals surface area contributed by atoms with Crippen LogP contribution in [0.15, 0.2) is 34.6 Å². The molecule has 19 heavy (non-hydrogen) atoms. The van der Waals surface area contributed by atoms with Gasteiger partial charge in [-0.1, -0.05) is 11.2 Å². The molecule has 0 amide bonds. The van der Waals surface area contributed by atoms with Gasteiger partial charge in [-0.15, -0.1) is 11.3 Å². The summed E-state index contributed by atoms with van der Waals surface area (Å²) in [6, 6.07) is 4.00. The van der Waals surface area contributed by atoms with Crippen LogP contribution in [0.1, 0.15) is 23.9 Å². The van der Waals surface area contributed by atoms with Gasteiger partial charge >= 0.3 is 0 Å². The highest BCUT2D eigenvalue weighted by atomic mass is 32.1. The van der Waals surface area contributed by atoms with E-state index in [9.17, 15) is 0 Å². The zero-order valence-corrected chi connectivity index (χ0v) is 11.0. The second-order valence-corrected chi connectivity index (χ2v) is 5.65. The van der Waals surface area contributed by atoms with Crippen molar-refractivity contribution in [2.45, 2.75) is 25.3 Å². The molecule has 0 spiro atoms. The van der Waals surface area contributed by atoms with Crippen LogP contribution in [0.4, 0.5) is 0 Å². The molecule has 0 N–H and O–H groups in total. The van der Waals surface area contributed by atoms with Gasteiger partial charge in [0.1, 0.15) is 0 Å². The Labute approximate surface area is 113 Å². The Hall–Kier alpha value is -1.95. The zero-order valence-electron chi connectivity index (χ0n) is 10.2. The molecule has 4 rings (SSSR count). The maximum Gasteiger partial charge on any atom is 0.230 e. The summed E-state index contributed by atoms with van der Waals surface area (Å²) in [4.78, 5) is 9.76. The minimum atomic E-state index is 0.311. The van der Waals surface area contributed by atoms with Gasteiger partial charge in [-0.3, -0.25) is 0 Å². The van der Waals surface area contributed by atoms with E-state index in [1.54, 1.807) is 11.3 Å². The first-order valence-corrected chi connectivity index (χ1v) is 7.14. The van der Waals surface area contributed by atoms with Crippen molar-refractivity contribution >= 4 is 11.3 Å². The lowest BCUT2D eigenvalue weighted by atomic mass is 9.96. The Morgan fingerprint density at radius 2 is 2.42 bits per heavy atom. The topological polar surface area (TPSA) is 56.7 Å². The Morgan fingerprint density at radius 3 is 3.32 bits per heavy atom. The van der Waals surface area contributed by atoms with E-state index >= 15 is 0 Å². The highest BCUT2D eigenvalue weighted by Crippen LogP contribution is 2.30. The van der Waals surface area contributed by atoms with Gasteiger partial charge in [0, 0.05) is 30.8 Å². The number of hydrogen-bond acceptors (Lipinski definition) is 5. The molecule has 6 heteroatoms. The minimum absolute atomic E-state index is 0.311. The van der Waals surface area contributed by atoms with E-state index in [-0.39, 0.29) is 0 Å². The third kappa shape index (κ3) is 1.88. The van der Waals surface area contributed by atoms with Crippen LogP contribution in [0.5, 0.6) is 0 Å². The molecule has 1 aliphatic heterocycles. The van der Waals surface area contributed by atoms with Crippen molar-refractivity contribution in [1.29, 1.82) is 0 Å². The first kappa shape index (κ1) is 10.9. The molecule has 0 radical (unpaired) electrons. The van der Waals surface area contributed by atoms with Gasteiger partial charge < -0.3 is 9.09 Å². The molecule has 0 bridgehead atoms. The fourth-order valence-electron chi connectivity index (χ4n) is 2.49. The average molecular weight is 272 g/mol. The summed E-state index contributed by atoms with van der Waals surface area (Å²) < 4.78 is 7.62. The van der Waals surface area contributed by atoms with Crippen molar-refractivity contribution in [2.75, 3.05) is 0 Å². The first-order valence-electron chi connectivity index (χ1n) is 6.26. The van der Waals surface area contributed by atoms with E-state index in [1.165, 1.54) is 5.69 Å². The predicted molar refractivity (Wildman–Crippen MR) is 70.9 cm³/mol. The van der Waals surface area contributed by atoms with Gasteiger partial charge in [-0.25, -0.2) is 4.98 Å². The maximum atomic E-state index is 5.44. The molecular weight excluding hydrogens is 260 g/mol. The summed E-state index contributed by atoms with van der Waals surface area (Å²) in [5, 5.41) is 6.10. The molecule has 0 saturated heterocycles. The molecule has 3 aromatic heterocycles. The smallest absolute Gasteiger partial charge is 0.230 e. The van der Waals surface area contributed by atoms with Crippen LogP contribution < -0.4 is 0 Å². The number of imidazole rings is 1. The van der Waals surface area contributed by atoms with Gasteiger partial charge in [0.2, 0.25) is 11.7 Å². The third-order valence-electron chi connectivity index (χ3n) is 3.51. The van der Waals surface area contributed by atoms with Gasteiger partial charge in [-0.05, 0) is 17.9 Å². The molecule has 0 aliphatic carbocycles. The Bertz CT molecular complexity index is 685. The van der Waals surface area contributed by atoms with Crippen LogP contribution in [0.2, 0.25) is 0 Å². The lowest BCUT2D eigenvalue weighted by Crippen LogP contribution is -2.17. The van der Waals surface area contributed by atoms with E-state index in [0.717, 1.165) is 30.2 Å². The van der Waals surface area contributed by atoms with Crippen LogP contribution in [0.25, 0.3) is 10.7 Å². The highest BCUT2D eigenvalue weighted by Gasteiger charge is 2.25. The van der Waals surface area contributed by atoms with Gasteiger partial charge in [0.05, 0.1) is 11.2 Å². The van der Waals surface area contributed by atoms with E-state index in [0.29, 0.717) is 11.7 Å². The Balaban J connectivity index is 1.61. The molecular formula is C13H12N4OS. The maximum absolute atomic E-state index is 5.44. The number of thiophene rings is 1. The summed E-state index contributed by atoms with van der Waals surface area (Å²) in [5.41, 5.74) is 1.24. The Kier molecular flexibility index (Phi) is 2.48.